The van der Waals surface area contributed by atoms with Crippen LogP contribution >= 0.6 is 0 Å². The summed E-state index contributed by atoms with van der Waals surface area (Å²) in [6.45, 7) is 3.41. The molecule has 1 fully saturated rings. The molecule has 2 aromatic heterocycles. The van der Waals surface area contributed by atoms with Crippen molar-refractivity contribution in [2.24, 2.45) is 5.92 Å². The molecule has 3 aromatic rings. The van der Waals surface area contributed by atoms with E-state index in [2.05, 4.69) is 38.4 Å². The summed E-state index contributed by atoms with van der Waals surface area (Å²) in [4.78, 5) is 23.0. The van der Waals surface area contributed by atoms with Gasteiger partial charge in [-0.2, -0.15) is 5.10 Å². The van der Waals surface area contributed by atoms with E-state index in [0.717, 1.165) is 49.7 Å². The minimum absolute atomic E-state index is 0.0240. The zero-order valence-electron chi connectivity index (χ0n) is 15.0. The van der Waals surface area contributed by atoms with Gasteiger partial charge in [0.2, 0.25) is 0 Å². The molecule has 6 heteroatoms. The van der Waals surface area contributed by atoms with Crippen LogP contribution in [-0.4, -0.2) is 44.1 Å². The number of amides is 1. The van der Waals surface area contributed by atoms with Gasteiger partial charge in [0.15, 0.2) is 0 Å². The first kappa shape index (κ1) is 16.7. The van der Waals surface area contributed by atoms with Crippen molar-refractivity contribution in [3.63, 3.8) is 0 Å². The summed E-state index contributed by atoms with van der Waals surface area (Å²) < 4.78 is 0. The Morgan fingerprint density at radius 1 is 1.27 bits per heavy atom. The van der Waals surface area contributed by atoms with Crippen LogP contribution in [0.25, 0.3) is 10.9 Å². The number of carbonyl (C=O) groups excluding carboxylic acids is 1. The average Bonchev–Trinajstić information content (AvgIpc) is 2.99. The Labute approximate surface area is 152 Å². The smallest absolute Gasteiger partial charge is 0.272 e. The standard InChI is InChI=1S/C20H23N5O/c1-14-21-8-6-19(23-14)20(26)25-9-2-3-15(7-10-25)11-16-4-5-18-17(12-16)13-22-24-18/h4-6,8,12-13,15H,2-3,7,9-11H2,1H3,(H,22,24). The number of benzene rings is 1. The number of likely N-dealkylation sites (tertiary alicyclic amines) is 1. The molecule has 0 spiro atoms. The lowest BCUT2D eigenvalue weighted by Gasteiger charge is -2.20. The molecule has 1 aliphatic rings. The molecule has 1 N–H and O–H groups in total. The van der Waals surface area contributed by atoms with E-state index in [-0.39, 0.29) is 5.91 Å². The molecule has 1 aromatic carbocycles. The Morgan fingerprint density at radius 3 is 3.08 bits per heavy atom. The van der Waals surface area contributed by atoms with Gasteiger partial charge in [0.25, 0.3) is 5.91 Å². The maximum atomic E-state index is 12.7. The summed E-state index contributed by atoms with van der Waals surface area (Å²) in [7, 11) is 0. The third kappa shape index (κ3) is 3.59. The largest absolute Gasteiger partial charge is 0.337 e. The molecular formula is C20H23N5O. The number of hydrogen-bond acceptors (Lipinski definition) is 4. The van der Waals surface area contributed by atoms with Crippen LogP contribution in [0.2, 0.25) is 0 Å². The van der Waals surface area contributed by atoms with Gasteiger partial charge in [0, 0.05) is 24.7 Å². The number of aryl methyl sites for hydroxylation is 1. The summed E-state index contributed by atoms with van der Waals surface area (Å²) in [5.74, 6) is 1.26. The highest BCUT2D eigenvalue weighted by molar-refractivity contribution is 5.92. The summed E-state index contributed by atoms with van der Waals surface area (Å²) in [6.07, 6.45) is 7.79. The maximum Gasteiger partial charge on any atom is 0.272 e. The molecule has 1 saturated heterocycles. The average molecular weight is 349 g/mol. The first-order chi connectivity index (χ1) is 12.7. The molecular weight excluding hydrogens is 326 g/mol. The van der Waals surface area contributed by atoms with Crippen molar-refractivity contribution in [1.82, 2.24) is 25.1 Å². The lowest BCUT2D eigenvalue weighted by Crippen LogP contribution is -2.32. The molecule has 0 radical (unpaired) electrons. The normalized spacial score (nSPS) is 18.0. The Balaban J connectivity index is 1.40. The van der Waals surface area contributed by atoms with Crippen LogP contribution in [0, 0.1) is 12.8 Å². The molecule has 1 amide bonds. The summed E-state index contributed by atoms with van der Waals surface area (Å²) in [5, 5.41) is 8.24. The SMILES string of the molecule is Cc1nccc(C(=O)N2CCCC(Cc3ccc4[nH]ncc4c3)CC2)n1. The van der Waals surface area contributed by atoms with E-state index in [0.29, 0.717) is 17.4 Å². The minimum Gasteiger partial charge on any atom is -0.337 e. The number of hydrogen-bond donors (Lipinski definition) is 1. The lowest BCUT2D eigenvalue weighted by molar-refractivity contribution is 0.0753. The van der Waals surface area contributed by atoms with Crippen molar-refractivity contribution in [1.29, 1.82) is 0 Å². The van der Waals surface area contributed by atoms with Gasteiger partial charge in [-0.1, -0.05) is 6.07 Å². The van der Waals surface area contributed by atoms with Crippen LogP contribution in [0.4, 0.5) is 0 Å². The van der Waals surface area contributed by atoms with Crippen molar-refractivity contribution >= 4 is 16.8 Å². The van der Waals surface area contributed by atoms with Crippen LogP contribution in [-0.2, 0) is 6.42 Å². The van der Waals surface area contributed by atoms with Crippen molar-refractivity contribution in [2.45, 2.75) is 32.6 Å². The van der Waals surface area contributed by atoms with E-state index in [1.54, 1.807) is 12.3 Å². The highest BCUT2D eigenvalue weighted by Gasteiger charge is 2.22. The molecule has 0 bridgehead atoms. The molecule has 3 heterocycles. The monoisotopic (exact) mass is 349 g/mol. The number of aromatic amines is 1. The fraction of sp³-hybridized carbons (Fsp3) is 0.400. The molecule has 134 valence electrons. The van der Waals surface area contributed by atoms with E-state index in [1.807, 2.05) is 18.0 Å². The van der Waals surface area contributed by atoms with E-state index < -0.39 is 0 Å². The minimum atomic E-state index is 0.0240. The molecule has 1 aliphatic heterocycles. The van der Waals surface area contributed by atoms with Gasteiger partial charge in [-0.25, -0.2) is 9.97 Å². The number of nitrogens with one attached hydrogen (secondary N) is 1. The summed E-state index contributed by atoms with van der Waals surface area (Å²) >= 11 is 0. The number of aromatic nitrogens is 4. The second-order valence-corrected chi connectivity index (χ2v) is 7.07. The highest BCUT2D eigenvalue weighted by atomic mass is 16.2. The predicted molar refractivity (Wildman–Crippen MR) is 99.8 cm³/mol. The third-order valence-corrected chi connectivity index (χ3v) is 5.16. The van der Waals surface area contributed by atoms with Gasteiger partial charge >= 0.3 is 0 Å². The summed E-state index contributed by atoms with van der Waals surface area (Å²) in [6, 6.07) is 8.20. The molecule has 6 nitrogen and oxygen atoms in total. The van der Waals surface area contributed by atoms with Crippen molar-refractivity contribution in [3.05, 3.63) is 53.7 Å². The zero-order chi connectivity index (χ0) is 17.9. The van der Waals surface area contributed by atoms with Gasteiger partial charge in [0.05, 0.1) is 11.7 Å². The van der Waals surface area contributed by atoms with Crippen molar-refractivity contribution in [2.75, 3.05) is 13.1 Å². The Kier molecular flexibility index (Phi) is 4.65. The highest BCUT2D eigenvalue weighted by Crippen LogP contribution is 2.24. The van der Waals surface area contributed by atoms with Crippen LogP contribution in [0.5, 0.6) is 0 Å². The van der Waals surface area contributed by atoms with E-state index in [1.165, 1.54) is 5.56 Å². The topological polar surface area (TPSA) is 74.8 Å². The third-order valence-electron chi connectivity index (χ3n) is 5.16. The van der Waals surface area contributed by atoms with E-state index >= 15 is 0 Å². The van der Waals surface area contributed by atoms with Crippen LogP contribution in [0.1, 0.15) is 41.1 Å². The van der Waals surface area contributed by atoms with Crippen LogP contribution in [0.15, 0.2) is 36.7 Å². The van der Waals surface area contributed by atoms with Crippen LogP contribution < -0.4 is 0 Å². The predicted octanol–water partition coefficient (Wildman–Crippen LogP) is 3.15. The zero-order valence-corrected chi connectivity index (χ0v) is 15.0. The fourth-order valence-corrected chi connectivity index (χ4v) is 3.76. The Bertz CT molecular complexity index is 919. The maximum absolute atomic E-state index is 12.7. The Hall–Kier alpha value is -2.76. The molecule has 4 rings (SSSR count). The lowest BCUT2D eigenvalue weighted by atomic mass is 9.92. The van der Waals surface area contributed by atoms with Gasteiger partial charge in [-0.3, -0.25) is 9.89 Å². The second-order valence-electron chi connectivity index (χ2n) is 7.07. The molecule has 1 atom stereocenters. The molecule has 26 heavy (non-hydrogen) atoms. The number of fused-ring (bicyclic) bond motifs is 1. The second kappa shape index (κ2) is 7.23. The number of rotatable bonds is 3. The molecule has 1 unspecified atom stereocenters. The van der Waals surface area contributed by atoms with Crippen LogP contribution in [0.3, 0.4) is 0 Å². The van der Waals surface area contributed by atoms with Gasteiger partial charge < -0.3 is 4.90 Å². The van der Waals surface area contributed by atoms with Gasteiger partial charge in [-0.15, -0.1) is 0 Å². The quantitative estimate of drug-likeness (QED) is 0.788. The number of H-pyrrole nitrogens is 1. The first-order valence-electron chi connectivity index (χ1n) is 9.20. The van der Waals surface area contributed by atoms with Crippen molar-refractivity contribution in [3.8, 4) is 0 Å². The first-order valence-corrected chi connectivity index (χ1v) is 9.20. The fourth-order valence-electron chi connectivity index (χ4n) is 3.76. The molecule has 0 saturated carbocycles. The van der Waals surface area contributed by atoms with Crippen molar-refractivity contribution < 1.29 is 4.79 Å². The summed E-state index contributed by atoms with van der Waals surface area (Å²) in [5.41, 5.74) is 2.92. The molecule has 0 aliphatic carbocycles. The Morgan fingerprint density at radius 2 is 2.19 bits per heavy atom. The van der Waals surface area contributed by atoms with E-state index in [4.69, 9.17) is 0 Å². The number of carbonyl (C=O) groups is 1. The van der Waals surface area contributed by atoms with Gasteiger partial charge in [-0.05, 0) is 62.3 Å². The van der Waals surface area contributed by atoms with E-state index in [9.17, 15) is 4.79 Å². The van der Waals surface area contributed by atoms with Gasteiger partial charge in [0.1, 0.15) is 11.5 Å². The number of nitrogens with zero attached hydrogens (tertiary/aromatic N) is 4.